The van der Waals surface area contributed by atoms with Gasteiger partial charge in [0.25, 0.3) is 0 Å². The molecule has 2 bridgehead atoms. The van der Waals surface area contributed by atoms with Crippen LogP contribution < -0.4 is 34.3 Å². The normalized spacial score (nSPS) is 25.5. The van der Waals surface area contributed by atoms with Gasteiger partial charge in [-0.2, -0.15) is 0 Å². The highest BCUT2D eigenvalue weighted by molar-refractivity contribution is 5.93. The molecule has 5 aliphatic rings. The highest BCUT2D eigenvalue weighted by Gasteiger charge is 2.47. The standard InChI is InChI=1S/C46H54N2O9/c1-5-47-23-57-35-18-33(53-3)28-12-13-29-39-32(48-45(52)42(35)41(28)39)17-34-40(29)43(50)30(22-56-34)25-15-36(54-4)44(51)37(16-25)55-21-26(20-49)38-24-9-8-14-46(2,19-24)31-11-7-6-10-27(31)38/h6-7,10-11,15-18,24,26,30,38,43,45,47-52H,5,8-9,12-14,19-23H2,1-4H3/t24-,26+,30+,38+,43+,45-,46-/m1/s1. The van der Waals surface area contributed by atoms with Crippen LogP contribution in [0.5, 0.6) is 34.5 Å². The van der Waals surface area contributed by atoms with E-state index in [9.17, 15) is 20.4 Å². The van der Waals surface area contributed by atoms with Gasteiger partial charge in [-0.25, -0.2) is 0 Å². The highest BCUT2D eigenvalue weighted by atomic mass is 16.5. The zero-order valence-corrected chi connectivity index (χ0v) is 33.2. The fraction of sp³-hybridized carbons (Fsp3) is 0.478. The fourth-order valence-electron chi connectivity index (χ4n) is 10.9. The summed E-state index contributed by atoms with van der Waals surface area (Å²) in [5, 5.41) is 52.5. The van der Waals surface area contributed by atoms with Gasteiger partial charge in [0.15, 0.2) is 17.7 Å². The Kier molecular flexibility index (Phi) is 9.91. The smallest absolute Gasteiger partial charge is 0.200 e. The minimum absolute atomic E-state index is 0.0469. The van der Waals surface area contributed by atoms with Crippen LogP contribution >= 0.6 is 0 Å². The van der Waals surface area contributed by atoms with E-state index in [-0.39, 0.29) is 61.1 Å². The van der Waals surface area contributed by atoms with E-state index in [0.717, 1.165) is 53.7 Å². The van der Waals surface area contributed by atoms with Crippen molar-refractivity contribution in [1.29, 1.82) is 0 Å². The van der Waals surface area contributed by atoms with Crippen molar-refractivity contribution < 1.29 is 44.1 Å². The summed E-state index contributed by atoms with van der Waals surface area (Å²) in [6, 6.07) is 15.9. The van der Waals surface area contributed by atoms with Crippen LogP contribution in [0.4, 0.5) is 5.69 Å². The van der Waals surface area contributed by atoms with Crippen molar-refractivity contribution in [2.24, 2.45) is 11.8 Å². The molecule has 1 saturated carbocycles. The van der Waals surface area contributed by atoms with Crippen molar-refractivity contribution in [3.8, 4) is 45.6 Å². The Labute approximate surface area is 333 Å². The lowest BCUT2D eigenvalue weighted by Crippen LogP contribution is -2.42. The first-order valence-corrected chi connectivity index (χ1v) is 20.5. The van der Waals surface area contributed by atoms with E-state index in [1.807, 2.05) is 19.1 Å². The minimum Gasteiger partial charge on any atom is -0.502 e. The summed E-state index contributed by atoms with van der Waals surface area (Å²) in [6.07, 6.45) is 3.82. The van der Waals surface area contributed by atoms with Gasteiger partial charge in [-0.3, -0.25) is 5.32 Å². The van der Waals surface area contributed by atoms with E-state index in [1.54, 1.807) is 19.2 Å². The average Bonchev–Trinajstić information content (AvgIpc) is 3.21. The molecule has 6 N–H and O–H groups in total. The number of aliphatic hydroxyl groups excluding tert-OH is 3. The van der Waals surface area contributed by atoms with Crippen LogP contribution in [0.1, 0.15) is 103 Å². The molecule has 2 aliphatic heterocycles. The number of fused-ring (bicyclic) bond motifs is 6. The topological polar surface area (TPSA) is 151 Å². The molecule has 0 saturated heterocycles. The van der Waals surface area contributed by atoms with E-state index in [4.69, 9.17) is 23.7 Å². The molecule has 302 valence electrons. The Balaban J connectivity index is 1.05. The largest absolute Gasteiger partial charge is 0.502 e. The number of methoxy groups -OCH3 is 2. The van der Waals surface area contributed by atoms with Gasteiger partial charge in [0.05, 0.1) is 39.1 Å². The molecule has 1 fully saturated rings. The van der Waals surface area contributed by atoms with Crippen molar-refractivity contribution in [2.75, 3.05) is 52.6 Å². The molecule has 11 nitrogen and oxygen atoms in total. The van der Waals surface area contributed by atoms with Crippen LogP contribution in [0.25, 0.3) is 11.1 Å². The number of hydrogen-bond acceptors (Lipinski definition) is 11. The molecule has 0 aromatic heterocycles. The van der Waals surface area contributed by atoms with Crippen molar-refractivity contribution in [3.63, 3.8) is 0 Å². The summed E-state index contributed by atoms with van der Waals surface area (Å²) in [5.74, 6) is 1.98. The number of hydrogen-bond donors (Lipinski definition) is 6. The summed E-state index contributed by atoms with van der Waals surface area (Å²) in [7, 11) is 3.14. The Morgan fingerprint density at radius 3 is 2.53 bits per heavy atom. The third-order valence-corrected chi connectivity index (χ3v) is 13.6. The van der Waals surface area contributed by atoms with Crippen LogP contribution in [-0.2, 0) is 18.3 Å². The van der Waals surface area contributed by atoms with Gasteiger partial charge < -0.3 is 49.4 Å². The van der Waals surface area contributed by atoms with Crippen LogP contribution in [0.3, 0.4) is 0 Å². The Morgan fingerprint density at radius 2 is 1.74 bits per heavy atom. The van der Waals surface area contributed by atoms with E-state index in [1.165, 1.54) is 24.7 Å². The molecule has 11 heteroatoms. The molecule has 0 amide bonds. The third kappa shape index (κ3) is 6.16. The molecule has 0 radical (unpaired) electrons. The molecular weight excluding hydrogens is 725 g/mol. The molecular formula is C46H54N2O9. The quantitative estimate of drug-likeness (QED) is 0.0653. The summed E-state index contributed by atoms with van der Waals surface area (Å²) in [4.78, 5) is 0. The van der Waals surface area contributed by atoms with Crippen molar-refractivity contribution in [1.82, 2.24) is 5.32 Å². The van der Waals surface area contributed by atoms with Gasteiger partial charge in [-0.05, 0) is 90.3 Å². The monoisotopic (exact) mass is 778 g/mol. The lowest BCUT2D eigenvalue weighted by Gasteiger charge is -2.50. The lowest BCUT2D eigenvalue weighted by atomic mass is 9.55. The van der Waals surface area contributed by atoms with E-state index < -0.39 is 18.2 Å². The molecule has 2 heterocycles. The van der Waals surface area contributed by atoms with Gasteiger partial charge in [0.2, 0.25) is 5.75 Å². The number of phenols is 1. The maximum absolute atomic E-state index is 12.4. The predicted molar refractivity (Wildman–Crippen MR) is 216 cm³/mol. The van der Waals surface area contributed by atoms with Gasteiger partial charge in [-0.1, -0.05) is 44.5 Å². The lowest BCUT2D eigenvalue weighted by molar-refractivity contribution is 0.0822. The highest BCUT2D eigenvalue weighted by Crippen LogP contribution is 2.58. The van der Waals surface area contributed by atoms with Crippen LogP contribution in [0, 0.1) is 11.8 Å². The van der Waals surface area contributed by atoms with E-state index in [2.05, 4.69) is 41.8 Å². The van der Waals surface area contributed by atoms with Crippen LogP contribution in [0.15, 0.2) is 48.5 Å². The van der Waals surface area contributed by atoms with Gasteiger partial charge >= 0.3 is 0 Å². The fourth-order valence-corrected chi connectivity index (χ4v) is 10.9. The van der Waals surface area contributed by atoms with Crippen LogP contribution in [-0.4, -0.2) is 67.7 Å². The average molecular weight is 779 g/mol. The second-order valence-electron chi connectivity index (χ2n) is 16.7. The predicted octanol–water partition coefficient (Wildman–Crippen LogP) is 6.98. The SMILES string of the molecule is CCNCOc1cc(OC)c2c3c1[C@@H](O)Nc1cc4c(c(c1-3)CC2)[C@@H](O)[C@H](c1cc(OC)c(O)c(OC[C@H](CO)[C@H]2c3ccccc3[C@]3(C)CCC[C@@H]2C3)c1)CO4. The Bertz CT molecular complexity index is 2190. The first-order chi connectivity index (χ1) is 27.7. The minimum atomic E-state index is -1.02. The molecule has 0 unspecified atom stereocenters. The number of rotatable bonds is 12. The second kappa shape index (κ2) is 14.9. The summed E-state index contributed by atoms with van der Waals surface area (Å²) in [5.41, 5.74) is 9.27. The molecule has 57 heavy (non-hydrogen) atoms. The molecule has 3 aliphatic carbocycles. The van der Waals surface area contributed by atoms with Crippen LogP contribution in [0.2, 0.25) is 0 Å². The van der Waals surface area contributed by atoms with Crippen molar-refractivity contribution in [3.05, 3.63) is 87.5 Å². The van der Waals surface area contributed by atoms with Gasteiger partial charge in [-0.15, -0.1) is 0 Å². The summed E-state index contributed by atoms with van der Waals surface area (Å²) in [6.45, 7) is 5.71. The van der Waals surface area contributed by atoms with E-state index in [0.29, 0.717) is 52.7 Å². The molecule has 0 spiro atoms. The first-order valence-electron chi connectivity index (χ1n) is 20.5. The number of aromatic hydroxyl groups is 1. The second-order valence-corrected chi connectivity index (χ2v) is 16.7. The number of phenolic OH excluding ortho intramolecular Hbond substituents is 1. The number of benzene rings is 4. The number of anilines is 1. The van der Waals surface area contributed by atoms with Crippen molar-refractivity contribution in [2.45, 2.75) is 82.0 Å². The van der Waals surface area contributed by atoms with Crippen molar-refractivity contribution >= 4 is 5.69 Å². The Hall–Kier alpha value is -4.68. The molecule has 4 aromatic rings. The number of ether oxygens (including phenoxy) is 5. The Morgan fingerprint density at radius 1 is 0.947 bits per heavy atom. The van der Waals surface area contributed by atoms with Gasteiger partial charge in [0.1, 0.15) is 24.0 Å². The zero-order chi connectivity index (χ0) is 39.6. The molecule has 7 atom stereocenters. The molecule has 9 rings (SSSR count). The maximum atomic E-state index is 12.4. The third-order valence-electron chi connectivity index (χ3n) is 13.6. The first kappa shape index (κ1) is 37.9. The van der Waals surface area contributed by atoms with E-state index >= 15 is 0 Å². The number of nitrogens with one attached hydrogen (secondary N) is 2. The van der Waals surface area contributed by atoms with Gasteiger partial charge in [0, 0.05) is 58.5 Å². The summed E-state index contributed by atoms with van der Waals surface area (Å²) >= 11 is 0. The maximum Gasteiger partial charge on any atom is 0.200 e. The summed E-state index contributed by atoms with van der Waals surface area (Å²) < 4.78 is 30.6. The zero-order valence-electron chi connectivity index (χ0n) is 33.2. The number of aliphatic hydroxyl groups is 3. The molecule has 4 aromatic carbocycles.